The van der Waals surface area contributed by atoms with Gasteiger partial charge in [0.1, 0.15) is 17.6 Å². The summed E-state index contributed by atoms with van der Waals surface area (Å²) in [6.07, 6.45) is 4.32. The first-order valence-electron chi connectivity index (χ1n) is 14.0. The standard InChI is InChI=1S/C34H34N2O2/c1-3-22-20-36-17-15-26(22)31(21-36)34(29-14-16-35-32-13-12-24(37-2)19-30(29)32)38-33-18-23-8-4-5-9-25(23)27-10-6-7-11-28(27)33/h4-14,16,18-19,22,26,31,34H,3,15,17,20-21H2,1-2H3/t22-,26+,31-,34-/m0/s1. The molecule has 0 aliphatic carbocycles. The molecule has 0 radical (unpaired) electrons. The van der Waals surface area contributed by atoms with E-state index in [-0.39, 0.29) is 6.10 Å². The van der Waals surface area contributed by atoms with Gasteiger partial charge >= 0.3 is 0 Å². The van der Waals surface area contributed by atoms with Crippen LogP contribution in [0.25, 0.3) is 32.4 Å². The molecule has 4 heteroatoms. The molecule has 4 nitrogen and oxygen atoms in total. The number of methoxy groups -OCH3 is 1. The van der Waals surface area contributed by atoms with Gasteiger partial charge in [-0.25, -0.2) is 0 Å². The zero-order chi connectivity index (χ0) is 25.6. The summed E-state index contributed by atoms with van der Waals surface area (Å²) in [4.78, 5) is 7.36. The van der Waals surface area contributed by atoms with Gasteiger partial charge in [0.2, 0.25) is 0 Å². The molecule has 3 fully saturated rings. The molecule has 8 rings (SSSR count). The minimum atomic E-state index is -0.0840. The second-order valence-corrected chi connectivity index (χ2v) is 11.0. The fraction of sp³-hybridized carbons (Fsp3) is 0.324. The number of piperidine rings is 3. The number of aromatic nitrogens is 1. The number of rotatable bonds is 6. The summed E-state index contributed by atoms with van der Waals surface area (Å²) in [7, 11) is 1.73. The quantitative estimate of drug-likeness (QED) is 0.223. The first-order chi connectivity index (χ1) is 18.7. The second-order valence-electron chi connectivity index (χ2n) is 11.0. The van der Waals surface area contributed by atoms with Crippen molar-refractivity contribution in [2.45, 2.75) is 25.9 Å². The molecule has 3 aliphatic heterocycles. The Balaban J connectivity index is 1.42. The van der Waals surface area contributed by atoms with Crippen LogP contribution in [0.1, 0.15) is 31.4 Å². The highest BCUT2D eigenvalue weighted by atomic mass is 16.5. The Morgan fingerprint density at radius 2 is 1.71 bits per heavy atom. The molecule has 3 aliphatic rings. The van der Waals surface area contributed by atoms with Crippen molar-refractivity contribution in [1.82, 2.24) is 9.88 Å². The van der Waals surface area contributed by atoms with Gasteiger partial charge in [0.25, 0.3) is 0 Å². The zero-order valence-corrected chi connectivity index (χ0v) is 22.1. The third kappa shape index (κ3) is 3.90. The van der Waals surface area contributed by atoms with Crippen LogP contribution in [-0.4, -0.2) is 36.6 Å². The smallest absolute Gasteiger partial charge is 0.129 e. The van der Waals surface area contributed by atoms with Crippen LogP contribution in [-0.2, 0) is 0 Å². The second kappa shape index (κ2) is 9.59. The highest BCUT2D eigenvalue weighted by Crippen LogP contribution is 2.47. The van der Waals surface area contributed by atoms with E-state index in [1.807, 2.05) is 12.3 Å². The van der Waals surface area contributed by atoms with Gasteiger partial charge in [-0.1, -0.05) is 61.9 Å². The van der Waals surface area contributed by atoms with E-state index in [1.165, 1.54) is 53.0 Å². The predicted octanol–water partition coefficient (Wildman–Crippen LogP) is 7.65. The fourth-order valence-electron chi connectivity index (χ4n) is 7.20. The summed E-state index contributed by atoms with van der Waals surface area (Å²) in [5, 5.41) is 5.99. The number of benzene rings is 4. The highest BCUT2D eigenvalue weighted by Gasteiger charge is 2.45. The van der Waals surface area contributed by atoms with Gasteiger partial charge in [-0.15, -0.1) is 0 Å². The lowest BCUT2D eigenvalue weighted by Gasteiger charge is -2.51. The Morgan fingerprint density at radius 1 is 0.895 bits per heavy atom. The molecular weight excluding hydrogens is 468 g/mol. The molecule has 2 bridgehead atoms. The Bertz CT molecular complexity index is 1630. The number of nitrogens with zero attached hydrogens (tertiary/aromatic N) is 2. The highest BCUT2D eigenvalue weighted by molar-refractivity contribution is 6.10. The normalized spacial score (nSPS) is 23.6. The van der Waals surface area contributed by atoms with Crippen molar-refractivity contribution >= 4 is 32.4 Å². The summed E-state index contributed by atoms with van der Waals surface area (Å²) < 4.78 is 12.9. The molecule has 5 aromatic rings. The molecular formula is C34H34N2O2. The van der Waals surface area contributed by atoms with Crippen molar-refractivity contribution < 1.29 is 9.47 Å². The largest absolute Gasteiger partial charge is 0.497 e. The molecule has 3 saturated heterocycles. The lowest BCUT2D eigenvalue weighted by Crippen LogP contribution is -2.54. The molecule has 4 aromatic carbocycles. The SMILES string of the molecule is CC[C@H]1CN2CC[C@H]1[C@@H]([C@@H](Oc1cc3ccccc3c3ccccc13)c1ccnc3ccc(OC)cc13)C2. The van der Waals surface area contributed by atoms with Crippen molar-refractivity contribution in [3.8, 4) is 11.5 Å². The maximum absolute atomic E-state index is 7.29. The minimum absolute atomic E-state index is 0.0840. The summed E-state index contributed by atoms with van der Waals surface area (Å²) in [6, 6.07) is 27.9. The van der Waals surface area contributed by atoms with E-state index in [0.29, 0.717) is 17.8 Å². The third-order valence-electron chi connectivity index (χ3n) is 9.08. The maximum atomic E-state index is 7.29. The Hall–Kier alpha value is -3.63. The van der Waals surface area contributed by atoms with Crippen LogP contribution < -0.4 is 9.47 Å². The molecule has 1 aromatic heterocycles. The topological polar surface area (TPSA) is 34.6 Å². The third-order valence-corrected chi connectivity index (χ3v) is 9.08. The van der Waals surface area contributed by atoms with Gasteiger partial charge in [0.05, 0.1) is 12.6 Å². The van der Waals surface area contributed by atoms with Gasteiger partial charge in [0.15, 0.2) is 0 Å². The van der Waals surface area contributed by atoms with Crippen LogP contribution in [0.15, 0.2) is 85.1 Å². The van der Waals surface area contributed by atoms with E-state index >= 15 is 0 Å². The van der Waals surface area contributed by atoms with Gasteiger partial charge < -0.3 is 14.4 Å². The minimum Gasteiger partial charge on any atom is -0.497 e. The Labute approximate surface area is 224 Å². The van der Waals surface area contributed by atoms with Crippen LogP contribution in [0.5, 0.6) is 11.5 Å². The van der Waals surface area contributed by atoms with E-state index in [1.54, 1.807) is 7.11 Å². The van der Waals surface area contributed by atoms with E-state index < -0.39 is 0 Å². The van der Waals surface area contributed by atoms with Crippen LogP contribution in [0.3, 0.4) is 0 Å². The van der Waals surface area contributed by atoms with Crippen molar-refractivity contribution in [3.63, 3.8) is 0 Å². The monoisotopic (exact) mass is 502 g/mol. The molecule has 38 heavy (non-hydrogen) atoms. The lowest BCUT2D eigenvalue weighted by atomic mass is 9.68. The van der Waals surface area contributed by atoms with Crippen molar-refractivity contribution in [3.05, 3.63) is 90.6 Å². The molecule has 0 spiro atoms. The average Bonchev–Trinajstić information content (AvgIpc) is 2.99. The number of pyridine rings is 1. The van der Waals surface area contributed by atoms with Gasteiger partial charge in [-0.3, -0.25) is 4.98 Å². The predicted molar refractivity (Wildman–Crippen MR) is 155 cm³/mol. The Kier molecular flexibility index (Phi) is 5.93. The molecule has 4 heterocycles. The van der Waals surface area contributed by atoms with E-state index in [2.05, 4.69) is 84.6 Å². The molecule has 0 N–H and O–H groups in total. The first kappa shape index (κ1) is 23.5. The van der Waals surface area contributed by atoms with Gasteiger partial charge in [-0.05, 0) is 71.3 Å². The van der Waals surface area contributed by atoms with E-state index in [4.69, 9.17) is 14.5 Å². The van der Waals surface area contributed by atoms with Crippen molar-refractivity contribution in [1.29, 1.82) is 0 Å². The van der Waals surface area contributed by atoms with E-state index in [9.17, 15) is 0 Å². The summed E-state index contributed by atoms with van der Waals surface area (Å²) in [5.74, 6) is 3.58. The van der Waals surface area contributed by atoms with Gasteiger partial charge in [-0.2, -0.15) is 0 Å². The number of fused-ring (bicyclic) bond motifs is 7. The zero-order valence-electron chi connectivity index (χ0n) is 22.1. The average molecular weight is 503 g/mol. The number of hydrogen-bond donors (Lipinski definition) is 0. The van der Waals surface area contributed by atoms with Gasteiger partial charge in [0, 0.05) is 41.5 Å². The van der Waals surface area contributed by atoms with Crippen molar-refractivity contribution in [2.75, 3.05) is 26.7 Å². The summed E-state index contributed by atoms with van der Waals surface area (Å²) >= 11 is 0. The molecule has 5 atom stereocenters. The molecule has 1 unspecified atom stereocenters. The lowest BCUT2D eigenvalue weighted by molar-refractivity contribution is -0.0522. The van der Waals surface area contributed by atoms with Crippen LogP contribution in [0, 0.1) is 17.8 Å². The van der Waals surface area contributed by atoms with Crippen LogP contribution in [0.2, 0.25) is 0 Å². The van der Waals surface area contributed by atoms with E-state index in [0.717, 1.165) is 28.9 Å². The fourth-order valence-corrected chi connectivity index (χ4v) is 7.20. The number of ether oxygens (including phenoxy) is 2. The van der Waals surface area contributed by atoms with Crippen LogP contribution in [0.4, 0.5) is 0 Å². The first-order valence-corrected chi connectivity index (χ1v) is 14.0. The molecule has 0 amide bonds. The summed E-state index contributed by atoms with van der Waals surface area (Å²) in [6.45, 7) is 5.84. The maximum Gasteiger partial charge on any atom is 0.129 e. The van der Waals surface area contributed by atoms with Crippen LogP contribution >= 0.6 is 0 Å². The summed E-state index contributed by atoms with van der Waals surface area (Å²) in [5.41, 5.74) is 2.19. The molecule has 0 saturated carbocycles. The molecule has 192 valence electrons. The number of hydrogen-bond acceptors (Lipinski definition) is 4. The Morgan fingerprint density at radius 3 is 2.53 bits per heavy atom. The van der Waals surface area contributed by atoms with Crippen molar-refractivity contribution in [2.24, 2.45) is 17.8 Å².